The molecular formula is C14H21NO2. The summed E-state index contributed by atoms with van der Waals surface area (Å²) in [6.45, 7) is 4.93. The molecule has 0 aliphatic carbocycles. The van der Waals surface area contributed by atoms with E-state index in [1.54, 1.807) is 0 Å². The first kappa shape index (κ1) is 12.4. The monoisotopic (exact) mass is 235 g/mol. The lowest BCUT2D eigenvalue weighted by molar-refractivity contribution is -0.0407. The van der Waals surface area contributed by atoms with Crippen LogP contribution >= 0.6 is 0 Å². The molecule has 2 rings (SSSR count). The normalized spacial score (nSPS) is 26.8. The smallest absolute Gasteiger partial charge is 0.123 e. The number of para-hydroxylation sites is 1. The summed E-state index contributed by atoms with van der Waals surface area (Å²) < 4.78 is 5.65. The van der Waals surface area contributed by atoms with Crippen LogP contribution in [0.15, 0.2) is 24.3 Å². The van der Waals surface area contributed by atoms with E-state index in [0.717, 1.165) is 17.7 Å². The van der Waals surface area contributed by atoms with Crippen molar-refractivity contribution < 1.29 is 9.84 Å². The fraction of sp³-hybridized carbons (Fsp3) is 0.571. The van der Waals surface area contributed by atoms with E-state index in [1.165, 1.54) is 0 Å². The lowest BCUT2D eigenvalue weighted by Gasteiger charge is -2.47. The fourth-order valence-electron chi connectivity index (χ4n) is 2.79. The Balaban J connectivity index is 2.57. The van der Waals surface area contributed by atoms with Gasteiger partial charge in [0.15, 0.2) is 0 Å². The molecule has 0 spiro atoms. The maximum absolute atomic E-state index is 10.7. The van der Waals surface area contributed by atoms with Crippen LogP contribution in [0.1, 0.15) is 32.3 Å². The van der Waals surface area contributed by atoms with Gasteiger partial charge in [-0.2, -0.15) is 0 Å². The van der Waals surface area contributed by atoms with Crippen LogP contribution in [0.25, 0.3) is 0 Å². The fourth-order valence-corrected chi connectivity index (χ4v) is 2.79. The molecule has 0 bridgehead atoms. The van der Waals surface area contributed by atoms with Gasteiger partial charge in [-0.1, -0.05) is 25.1 Å². The van der Waals surface area contributed by atoms with Gasteiger partial charge in [0.25, 0.3) is 0 Å². The molecule has 1 aromatic carbocycles. The quantitative estimate of drug-likeness (QED) is 0.840. The van der Waals surface area contributed by atoms with Crippen molar-refractivity contribution in [3.05, 3.63) is 29.8 Å². The molecule has 17 heavy (non-hydrogen) atoms. The Kier molecular flexibility index (Phi) is 3.15. The number of rotatable bonds is 3. The first-order valence-corrected chi connectivity index (χ1v) is 6.22. The van der Waals surface area contributed by atoms with Crippen molar-refractivity contribution in [3.8, 4) is 5.75 Å². The molecule has 3 nitrogen and oxygen atoms in total. The third kappa shape index (κ3) is 1.74. The number of nitrogens with two attached hydrogens (primary N) is 1. The van der Waals surface area contributed by atoms with E-state index in [-0.39, 0.29) is 0 Å². The van der Waals surface area contributed by atoms with Crippen molar-refractivity contribution in [2.75, 3.05) is 13.2 Å². The molecule has 3 N–H and O–H groups in total. The van der Waals surface area contributed by atoms with Crippen LogP contribution in [0, 0.1) is 0 Å². The van der Waals surface area contributed by atoms with Crippen molar-refractivity contribution >= 4 is 0 Å². The average Bonchev–Trinajstić information content (AvgIpc) is 2.37. The molecule has 0 amide bonds. The van der Waals surface area contributed by atoms with E-state index in [4.69, 9.17) is 10.5 Å². The summed E-state index contributed by atoms with van der Waals surface area (Å²) in [5.41, 5.74) is 5.85. The van der Waals surface area contributed by atoms with Crippen molar-refractivity contribution in [1.29, 1.82) is 0 Å². The Labute approximate surface area is 103 Å². The Morgan fingerprint density at radius 1 is 1.47 bits per heavy atom. The van der Waals surface area contributed by atoms with Crippen molar-refractivity contribution in [3.63, 3.8) is 0 Å². The molecule has 0 fully saturated rings. The Morgan fingerprint density at radius 2 is 2.18 bits per heavy atom. The SMILES string of the molecule is CCC(C)(O)C1(CN)CCOc2ccccc21. The van der Waals surface area contributed by atoms with Gasteiger partial charge in [-0.15, -0.1) is 0 Å². The summed E-state index contributed by atoms with van der Waals surface area (Å²) in [6, 6.07) is 7.89. The van der Waals surface area contributed by atoms with Gasteiger partial charge in [0.1, 0.15) is 5.75 Å². The highest BCUT2D eigenvalue weighted by molar-refractivity contribution is 5.44. The highest BCUT2D eigenvalue weighted by Crippen LogP contribution is 2.46. The number of benzene rings is 1. The van der Waals surface area contributed by atoms with Crippen LogP contribution in [0.2, 0.25) is 0 Å². The molecule has 3 heteroatoms. The third-order valence-corrected chi connectivity index (χ3v) is 4.26. The van der Waals surface area contributed by atoms with Crippen LogP contribution in [0.5, 0.6) is 5.75 Å². The maximum atomic E-state index is 10.7. The van der Waals surface area contributed by atoms with Gasteiger partial charge in [0.05, 0.1) is 12.2 Å². The Morgan fingerprint density at radius 3 is 2.82 bits per heavy atom. The summed E-state index contributed by atoms with van der Waals surface area (Å²) in [5, 5.41) is 10.7. The maximum Gasteiger partial charge on any atom is 0.123 e. The summed E-state index contributed by atoms with van der Waals surface area (Å²) in [5.74, 6) is 0.859. The minimum Gasteiger partial charge on any atom is -0.493 e. The predicted octanol–water partition coefficient (Wildman–Crippen LogP) is 1.83. The Bertz CT molecular complexity index is 403. The lowest BCUT2D eigenvalue weighted by Crippen LogP contribution is -2.56. The zero-order chi connectivity index (χ0) is 12.5. The highest BCUT2D eigenvalue weighted by Gasteiger charge is 2.49. The first-order valence-electron chi connectivity index (χ1n) is 6.22. The van der Waals surface area contributed by atoms with Crippen molar-refractivity contribution in [1.82, 2.24) is 0 Å². The molecule has 94 valence electrons. The van der Waals surface area contributed by atoms with Crippen LogP contribution in [-0.4, -0.2) is 23.9 Å². The van der Waals surface area contributed by atoms with E-state index in [2.05, 4.69) is 0 Å². The van der Waals surface area contributed by atoms with E-state index in [9.17, 15) is 5.11 Å². The topological polar surface area (TPSA) is 55.5 Å². The zero-order valence-corrected chi connectivity index (χ0v) is 10.6. The molecule has 0 aromatic heterocycles. The summed E-state index contributed by atoms with van der Waals surface area (Å²) in [6.07, 6.45) is 1.44. The van der Waals surface area contributed by atoms with Gasteiger partial charge in [-0.05, 0) is 25.8 Å². The molecule has 1 aliphatic heterocycles. The second-order valence-electron chi connectivity index (χ2n) is 5.01. The first-order chi connectivity index (χ1) is 8.07. The lowest BCUT2D eigenvalue weighted by atomic mass is 9.64. The van der Waals surface area contributed by atoms with Gasteiger partial charge in [0, 0.05) is 17.5 Å². The van der Waals surface area contributed by atoms with E-state index < -0.39 is 11.0 Å². The standard InChI is InChI=1S/C14H21NO2/c1-3-13(2,16)14(10-15)8-9-17-12-7-5-4-6-11(12)14/h4-7,16H,3,8-10,15H2,1-2H3. The third-order valence-electron chi connectivity index (χ3n) is 4.26. The van der Waals surface area contributed by atoms with E-state index >= 15 is 0 Å². The molecule has 0 saturated carbocycles. The minimum atomic E-state index is -0.804. The zero-order valence-electron chi connectivity index (χ0n) is 10.6. The van der Waals surface area contributed by atoms with Crippen LogP contribution in [-0.2, 0) is 5.41 Å². The van der Waals surface area contributed by atoms with Crippen molar-refractivity contribution in [2.24, 2.45) is 5.73 Å². The Hall–Kier alpha value is -1.06. The molecule has 1 aromatic rings. The molecule has 2 atom stereocenters. The number of aliphatic hydroxyl groups is 1. The predicted molar refractivity (Wildman–Crippen MR) is 68.2 cm³/mol. The number of hydrogen-bond donors (Lipinski definition) is 2. The highest BCUT2D eigenvalue weighted by atomic mass is 16.5. The number of hydrogen-bond acceptors (Lipinski definition) is 3. The van der Waals surface area contributed by atoms with E-state index in [0.29, 0.717) is 19.6 Å². The summed E-state index contributed by atoms with van der Waals surface area (Å²) in [4.78, 5) is 0. The largest absolute Gasteiger partial charge is 0.493 e. The molecule has 0 radical (unpaired) electrons. The average molecular weight is 235 g/mol. The molecule has 2 unspecified atom stereocenters. The van der Waals surface area contributed by atoms with Gasteiger partial charge in [-0.3, -0.25) is 0 Å². The van der Waals surface area contributed by atoms with Crippen LogP contribution in [0.4, 0.5) is 0 Å². The van der Waals surface area contributed by atoms with Gasteiger partial charge >= 0.3 is 0 Å². The van der Waals surface area contributed by atoms with Gasteiger partial charge in [-0.25, -0.2) is 0 Å². The summed E-state index contributed by atoms with van der Waals surface area (Å²) >= 11 is 0. The minimum absolute atomic E-state index is 0.392. The van der Waals surface area contributed by atoms with Gasteiger partial charge in [0.2, 0.25) is 0 Å². The van der Waals surface area contributed by atoms with Crippen molar-refractivity contribution in [2.45, 2.75) is 37.7 Å². The molecular weight excluding hydrogens is 214 g/mol. The molecule has 1 aliphatic rings. The second kappa shape index (κ2) is 4.31. The second-order valence-corrected chi connectivity index (χ2v) is 5.01. The van der Waals surface area contributed by atoms with Gasteiger partial charge < -0.3 is 15.6 Å². The summed E-state index contributed by atoms with van der Waals surface area (Å²) in [7, 11) is 0. The number of fused-ring (bicyclic) bond motifs is 1. The van der Waals surface area contributed by atoms with Crippen LogP contribution < -0.4 is 10.5 Å². The van der Waals surface area contributed by atoms with E-state index in [1.807, 2.05) is 38.1 Å². The molecule has 0 saturated heterocycles. The van der Waals surface area contributed by atoms with Crippen LogP contribution in [0.3, 0.4) is 0 Å². The molecule has 1 heterocycles. The number of ether oxygens (including phenoxy) is 1.